The molecule has 1 aromatic heterocycles. The van der Waals surface area contributed by atoms with E-state index in [4.69, 9.17) is 9.47 Å². The molecule has 3 nitrogen and oxygen atoms in total. The van der Waals surface area contributed by atoms with Crippen LogP contribution in [0.3, 0.4) is 0 Å². The van der Waals surface area contributed by atoms with Gasteiger partial charge in [0.2, 0.25) is 0 Å². The van der Waals surface area contributed by atoms with Gasteiger partial charge in [0.25, 0.3) is 0 Å². The van der Waals surface area contributed by atoms with Gasteiger partial charge in [0.15, 0.2) is 0 Å². The molecule has 3 heterocycles. The fourth-order valence-electron chi connectivity index (χ4n) is 3.12. The van der Waals surface area contributed by atoms with Crippen LogP contribution in [0.4, 0.5) is 0 Å². The van der Waals surface area contributed by atoms with Crippen LogP contribution < -0.4 is 0 Å². The first kappa shape index (κ1) is 12.6. The molecular weight excluding hydrogens is 248 g/mol. The van der Waals surface area contributed by atoms with Gasteiger partial charge in [0.05, 0.1) is 11.7 Å². The average molecular weight is 268 g/mol. The highest BCUT2D eigenvalue weighted by atomic mass is 32.1. The van der Waals surface area contributed by atoms with E-state index in [0.29, 0.717) is 5.92 Å². The number of aliphatic hydroxyl groups is 1. The highest BCUT2D eigenvalue weighted by Crippen LogP contribution is 2.42. The molecule has 2 aliphatic rings. The maximum absolute atomic E-state index is 10.5. The van der Waals surface area contributed by atoms with E-state index >= 15 is 0 Å². The molecule has 1 spiro atoms. The van der Waals surface area contributed by atoms with Gasteiger partial charge >= 0.3 is 0 Å². The molecule has 1 N–H and O–H groups in total. The summed E-state index contributed by atoms with van der Waals surface area (Å²) in [6.07, 6.45) is 3.55. The third-order valence-corrected chi connectivity index (χ3v) is 5.16. The van der Waals surface area contributed by atoms with Crippen molar-refractivity contribution in [1.82, 2.24) is 0 Å². The Kier molecular flexibility index (Phi) is 3.71. The van der Waals surface area contributed by atoms with Crippen molar-refractivity contribution in [2.45, 2.75) is 37.4 Å². The topological polar surface area (TPSA) is 38.7 Å². The van der Waals surface area contributed by atoms with Crippen LogP contribution in [0.25, 0.3) is 0 Å². The molecule has 3 rings (SSSR count). The van der Waals surface area contributed by atoms with E-state index in [1.165, 1.54) is 0 Å². The monoisotopic (exact) mass is 268 g/mol. The zero-order valence-corrected chi connectivity index (χ0v) is 11.3. The molecule has 0 radical (unpaired) electrons. The molecule has 2 aliphatic heterocycles. The van der Waals surface area contributed by atoms with Crippen LogP contribution >= 0.6 is 11.3 Å². The standard InChI is InChI=1S/C14H20O3S/c15-13(12-2-1-9-18-12)11-3-6-17-14(10-11)4-7-16-8-5-14/h1-2,9,11,13,15H,3-8,10H2. The third kappa shape index (κ3) is 2.48. The van der Waals surface area contributed by atoms with Gasteiger partial charge in [0, 0.05) is 24.7 Å². The molecule has 0 bridgehead atoms. The fraction of sp³-hybridized carbons (Fsp3) is 0.714. The van der Waals surface area contributed by atoms with Crippen LogP contribution in [0.2, 0.25) is 0 Å². The van der Waals surface area contributed by atoms with Crippen LogP contribution in [-0.4, -0.2) is 30.5 Å². The van der Waals surface area contributed by atoms with Gasteiger partial charge in [-0.3, -0.25) is 0 Å². The van der Waals surface area contributed by atoms with Crippen molar-refractivity contribution < 1.29 is 14.6 Å². The molecule has 1 aromatic rings. The Labute approximate surface area is 112 Å². The highest BCUT2D eigenvalue weighted by Gasteiger charge is 2.41. The van der Waals surface area contributed by atoms with Crippen molar-refractivity contribution in [3.8, 4) is 0 Å². The Bertz CT molecular complexity index is 365. The minimum Gasteiger partial charge on any atom is -0.387 e. The number of ether oxygens (including phenoxy) is 2. The predicted molar refractivity (Wildman–Crippen MR) is 70.7 cm³/mol. The van der Waals surface area contributed by atoms with Crippen LogP contribution in [0.1, 0.15) is 36.7 Å². The molecule has 2 atom stereocenters. The average Bonchev–Trinajstić information content (AvgIpc) is 2.93. The molecule has 2 fully saturated rings. The molecule has 100 valence electrons. The highest BCUT2D eigenvalue weighted by molar-refractivity contribution is 7.10. The molecule has 2 unspecified atom stereocenters. The van der Waals surface area contributed by atoms with Crippen molar-refractivity contribution >= 4 is 11.3 Å². The fourth-order valence-corrected chi connectivity index (χ4v) is 3.92. The van der Waals surface area contributed by atoms with Gasteiger partial charge in [-0.2, -0.15) is 0 Å². The second kappa shape index (κ2) is 5.29. The Morgan fingerprint density at radius 2 is 2.17 bits per heavy atom. The smallest absolute Gasteiger partial charge is 0.0911 e. The lowest BCUT2D eigenvalue weighted by Gasteiger charge is -2.44. The molecular formula is C14H20O3S. The zero-order chi connectivity index (χ0) is 12.4. The summed E-state index contributed by atoms with van der Waals surface area (Å²) in [5.41, 5.74) is -0.0284. The van der Waals surface area contributed by atoms with Gasteiger partial charge in [-0.1, -0.05) is 6.07 Å². The van der Waals surface area contributed by atoms with E-state index in [1.807, 2.05) is 17.5 Å². The first-order valence-corrected chi connectivity index (χ1v) is 7.60. The second-order valence-corrected chi connectivity index (χ2v) is 6.34. The predicted octanol–water partition coefficient (Wildman–Crippen LogP) is 2.76. The normalized spacial score (nSPS) is 29.3. The van der Waals surface area contributed by atoms with E-state index < -0.39 is 0 Å². The molecule has 18 heavy (non-hydrogen) atoms. The van der Waals surface area contributed by atoms with Crippen molar-refractivity contribution in [3.05, 3.63) is 22.4 Å². The lowest BCUT2D eigenvalue weighted by atomic mass is 9.78. The summed E-state index contributed by atoms with van der Waals surface area (Å²) in [6.45, 7) is 2.36. The van der Waals surface area contributed by atoms with E-state index in [-0.39, 0.29) is 11.7 Å². The van der Waals surface area contributed by atoms with Crippen molar-refractivity contribution in [2.24, 2.45) is 5.92 Å². The quantitative estimate of drug-likeness (QED) is 0.896. The molecule has 0 aromatic carbocycles. The number of hydrogen-bond donors (Lipinski definition) is 1. The Morgan fingerprint density at radius 3 is 2.89 bits per heavy atom. The molecule has 0 aliphatic carbocycles. The van der Waals surface area contributed by atoms with Crippen molar-refractivity contribution in [1.29, 1.82) is 0 Å². The first-order chi connectivity index (χ1) is 8.79. The van der Waals surface area contributed by atoms with Crippen molar-refractivity contribution in [2.75, 3.05) is 19.8 Å². The summed E-state index contributed by atoms with van der Waals surface area (Å²) in [5.74, 6) is 0.329. The van der Waals surface area contributed by atoms with Gasteiger partial charge in [-0.05, 0) is 43.0 Å². The number of hydrogen-bond acceptors (Lipinski definition) is 4. The number of aliphatic hydroxyl groups excluding tert-OH is 1. The molecule has 2 saturated heterocycles. The summed E-state index contributed by atoms with van der Waals surface area (Å²) in [7, 11) is 0. The second-order valence-electron chi connectivity index (χ2n) is 5.36. The van der Waals surface area contributed by atoms with E-state index in [9.17, 15) is 5.11 Å². The van der Waals surface area contributed by atoms with Crippen LogP contribution in [0, 0.1) is 5.92 Å². The summed E-state index contributed by atoms with van der Waals surface area (Å²) in [4.78, 5) is 1.09. The number of rotatable bonds is 2. The van der Waals surface area contributed by atoms with E-state index in [2.05, 4.69) is 0 Å². The SMILES string of the molecule is OC(c1cccs1)C1CCOC2(CCOCC2)C1. The van der Waals surface area contributed by atoms with Gasteiger partial charge in [0.1, 0.15) is 0 Å². The van der Waals surface area contributed by atoms with E-state index in [0.717, 1.165) is 50.4 Å². The molecule has 0 amide bonds. The third-order valence-electron chi connectivity index (χ3n) is 4.22. The maximum atomic E-state index is 10.5. The largest absolute Gasteiger partial charge is 0.387 e. The van der Waals surface area contributed by atoms with Crippen LogP contribution in [-0.2, 0) is 9.47 Å². The Morgan fingerprint density at radius 1 is 1.33 bits per heavy atom. The molecule has 0 saturated carbocycles. The summed E-state index contributed by atoms with van der Waals surface area (Å²) in [6, 6.07) is 4.04. The lowest BCUT2D eigenvalue weighted by molar-refractivity contribution is -0.158. The zero-order valence-electron chi connectivity index (χ0n) is 10.5. The van der Waals surface area contributed by atoms with Crippen molar-refractivity contribution in [3.63, 3.8) is 0 Å². The van der Waals surface area contributed by atoms with Gasteiger partial charge < -0.3 is 14.6 Å². The Hall–Kier alpha value is -0.420. The lowest BCUT2D eigenvalue weighted by Crippen LogP contribution is -2.45. The number of thiophene rings is 1. The van der Waals surface area contributed by atoms with Crippen LogP contribution in [0.15, 0.2) is 17.5 Å². The molecule has 4 heteroatoms. The maximum Gasteiger partial charge on any atom is 0.0911 e. The summed E-state index contributed by atoms with van der Waals surface area (Å²) in [5, 5.41) is 12.5. The van der Waals surface area contributed by atoms with Gasteiger partial charge in [-0.15, -0.1) is 11.3 Å². The Balaban J connectivity index is 1.70. The first-order valence-electron chi connectivity index (χ1n) is 6.72. The minimum absolute atomic E-state index is 0.0284. The van der Waals surface area contributed by atoms with Crippen LogP contribution in [0.5, 0.6) is 0 Å². The summed E-state index contributed by atoms with van der Waals surface area (Å²) < 4.78 is 11.4. The van der Waals surface area contributed by atoms with Gasteiger partial charge in [-0.25, -0.2) is 0 Å². The summed E-state index contributed by atoms with van der Waals surface area (Å²) >= 11 is 1.64. The minimum atomic E-state index is -0.325. The van der Waals surface area contributed by atoms with E-state index in [1.54, 1.807) is 11.3 Å².